The number of hydrogen-bond donors (Lipinski definition) is 0. The molecule has 0 spiro atoms. The lowest BCUT2D eigenvalue weighted by atomic mass is 9.96. The predicted octanol–water partition coefficient (Wildman–Crippen LogP) is 2.93. The van der Waals surface area contributed by atoms with Gasteiger partial charge < -0.3 is 9.64 Å². The summed E-state index contributed by atoms with van der Waals surface area (Å²) in [6.07, 6.45) is 1.82. The number of unbranched alkanes of at least 4 members (excludes halogenated alkanes) is 1. The average molecular weight is 488 g/mol. The van der Waals surface area contributed by atoms with Crippen LogP contribution in [0.5, 0.6) is 0 Å². The minimum atomic E-state index is -0.697. The summed E-state index contributed by atoms with van der Waals surface area (Å²) >= 11 is 1.19. The Labute approximate surface area is 206 Å². The highest BCUT2D eigenvalue weighted by molar-refractivity contribution is 7.07. The number of anilines is 1. The van der Waals surface area contributed by atoms with Crippen LogP contribution >= 0.6 is 11.3 Å². The van der Waals surface area contributed by atoms with E-state index in [4.69, 9.17) is 4.74 Å². The van der Waals surface area contributed by atoms with Gasteiger partial charge in [0.05, 0.1) is 35.7 Å². The van der Waals surface area contributed by atoms with Crippen LogP contribution < -0.4 is 19.8 Å². The molecule has 0 aliphatic carbocycles. The number of aromatic nitrogens is 1. The molecule has 1 amide bonds. The van der Waals surface area contributed by atoms with E-state index in [-0.39, 0.29) is 11.5 Å². The Hall–Kier alpha value is -3.78. The monoisotopic (exact) mass is 487 g/mol. The highest BCUT2D eigenvalue weighted by atomic mass is 32.1. The number of methoxy groups -OCH3 is 1. The molecule has 0 radical (unpaired) electrons. The summed E-state index contributed by atoms with van der Waals surface area (Å²) in [7, 11) is 1.32. The molecule has 3 heterocycles. The lowest BCUT2D eigenvalue weighted by Gasteiger charge is -2.24. The van der Waals surface area contributed by atoms with Gasteiger partial charge in [0.25, 0.3) is 11.5 Å². The first-order valence-electron chi connectivity index (χ1n) is 11.6. The molecule has 5 rings (SSSR count). The molecule has 3 aromatic rings. The molecule has 0 unspecified atom stereocenters. The number of thiazole rings is 1. The second-order valence-corrected chi connectivity index (χ2v) is 9.48. The summed E-state index contributed by atoms with van der Waals surface area (Å²) in [5.74, 6) is -0.712. The van der Waals surface area contributed by atoms with Crippen molar-refractivity contribution in [3.05, 3.63) is 96.7 Å². The zero-order valence-corrected chi connectivity index (χ0v) is 20.6. The molecule has 2 aliphatic rings. The summed E-state index contributed by atoms with van der Waals surface area (Å²) in [6.45, 7) is 4.41. The van der Waals surface area contributed by atoms with Gasteiger partial charge in [0.2, 0.25) is 0 Å². The van der Waals surface area contributed by atoms with Gasteiger partial charge in [-0.05, 0) is 25.0 Å². The van der Waals surface area contributed by atoms with Crippen LogP contribution in [0.3, 0.4) is 0 Å². The molecule has 0 saturated heterocycles. The number of para-hydroxylation sites is 1. The molecule has 1 atom stereocenters. The largest absolute Gasteiger partial charge is 0.466 e. The lowest BCUT2D eigenvalue weighted by Crippen LogP contribution is -2.40. The molecular weight excluding hydrogens is 462 g/mol. The van der Waals surface area contributed by atoms with Crippen LogP contribution in [0.15, 0.2) is 75.7 Å². The number of allylic oxidation sites excluding steroid dienone is 1. The Kier molecular flexibility index (Phi) is 5.98. The van der Waals surface area contributed by atoms with E-state index in [1.54, 1.807) is 11.8 Å². The second kappa shape index (κ2) is 9.11. The van der Waals surface area contributed by atoms with Crippen molar-refractivity contribution in [1.29, 1.82) is 0 Å². The number of esters is 1. The smallest absolute Gasteiger partial charge is 0.338 e. The van der Waals surface area contributed by atoms with Gasteiger partial charge >= 0.3 is 5.97 Å². The first kappa shape index (κ1) is 23.0. The van der Waals surface area contributed by atoms with Crippen LogP contribution in [0.2, 0.25) is 0 Å². The normalized spacial score (nSPS) is 18.3. The number of nitrogens with zero attached hydrogens (tertiary/aromatic N) is 3. The van der Waals surface area contributed by atoms with Crippen molar-refractivity contribution in [2.24, 2.45) is 4.99 Å². The predicted molar refractivity (Wildman–Crippen MR) is 135 cm³/mol. The fourth-order valence-electron chi connectivity index (χ4n) is 4.73. The number of carbonyl (C=O) groups is 2. The van der Waals surface area contributed by atoms with E-state index in [0.717, 1.165) is 29.7 Å². The molecule has 0 saturated carbocycles. The van der Waals surface area contributed by atoms with E-state index in [1.807, 2.05) is 54.6 Å². The fraction of sp³-hybridized carbons (Fsp3) is 0.259. The minimum Gasteiger partial charge on any atom is -0.466 e. The Bertz CT molecular complexity index is 1550. The molecule has 178 valence electrons. The van der Waals surface area contributed by atoms with Crippen molar-refractivity contribution in [3.8, 4) is 0 Å². The maximum absolute atomic E-state index is 14.0. The molecule has 2 aliphatic heterocycles. The third-order valence-electron chi connectivity index (χ3n) is 6.40. The lowest BCUT2D eigenvalue weighted by molar-refractivity contribution is -0.136. The van der Waals surface area contributed by atoms with Gasteiger partial charge in [-0.25, -0.2) is 9.79 Å². The van der Waals surface area contributed by atoms with E-state index in [1.165, 1.54) is 23.0 Å². The first-order valence-corrected chi connectivity index (χ1v) is 12.4. The van der Waals surface area contributed by atoms with Gasteiger partial charge in [-0.1, -0.05) is 73.2 Å². The minimum absolute atomic E-state index is 0.176. The number of fused-ring (bicyclic) bond motifs is 2. The van der Waals surface area contributed by atoms with E-state index in [9.17, 15) is 14.4 Å². The van der Waals surface area contributed by atoms with Gasteiger partial charge in [-0.15, -0.1) is 0 Å². The summed E-state index contributed by atoms with van der Waals surface area (Å²) in [5.41, 5.74) is 3.19. The quantitative estimate of drug-likeness (QED) is 0.519. The highest BCUT2D eigenvalue weighted by Gasteiger charge is 2.36. The second-order valence-electron chi connectivity index (χ2n) is 8.51. The van der Waals surface area contributed by atoms with Crippen LogP contribution in [0.25, 0.3) is 5.57 Å². The highest BCUT2D eigenvalue weighted by Crippen LogP contribution is 2.35. The Morgan fingerprint density at radius 3 is 2.51 bits per heavy atom. The van der Waals surface area contributed by atoms with Crippen LogP contribution in [0.1, 0.15) is 43.9 Å². The SMILES string of the molecule is CCCCN1C(=O)/C(=c2\sc3n(c2=O)[C@@H](c2ccccc2)C(C(=O)OC)=C(C)N=3)c2ccccc21. The Morgan fingerprint density at radius 2 is 1.80 bits per heavy atom. The van der Waals surface area contributed by atoms with Gasteiger partial charge in [-0.3, -0.25) is 14.2 Å². The number of carbonyl (C=O) groups excluding carboxylic acids is 2. The van der Waals surface area contributed by atoms with Gasteiger partial charge in [0.1, 0.15) is 4.53 Å². The van der Waals surface area contributed by atoms with Gasteiger partial charge in [-0.2, -0.15) is 0 Å². The van der Waals surface area contributed by atoms with Crippen molar-refractivity contribution >= 4 is 34.5 Å². The molecule has 0 bridgehead atoms. The third-order valence-corrected chi connectivity index (χ3v) is 7.46. The molecule has 0 fully saturated rings. The maximum Gasteiger partial charge on any atom is 0.338 e. The zero-order chi connectivity index (χ0) is 24.7. The van der Waals surface area contributed by atoms with E-state index >= 15 is 0 Å². The zero-order valence-electron chi connectivity index (χ0n) is 19.8. The number of ether oxygens (including phenoxy) is 1. The third kappa shape index (κ3) is 3.65. The molecule has 1 aromatic heterocycles. The van der Waals surface area contributed by atoms with Gasteiger partial charge in [0.15, 0.2) is 4.80 Å². The van der Waals surface area contributed by atoms with Crippen LogP contribution in [-0.4, -0.2) is 30.1 Å². The van der Waals surface area contributed by atoms with Crippen LogP contribution in [0, 0.1) is 0 Å². The number of rotatable bonds is 5. The Morgan fingerprint density at radius 1 is 1.09 bits per heavy atom. The molecular formula is C27H25N3O4S. The molecule has 35 heavy (non-hydrogen) atoms. The summed E-state index contributed by atoms with van der Waals surface area (Å²) in [5, 5.41) is 0. The van der Waals surface area contributed by atoms with E-state index in [2.05, 4.69) is 11.9 Å². The summed E-state index contributed by atoms with van der Waals surface area (Å²) in [6, 6.07) is 16.2. The molecule has 2 aromatic carbocycles. The molecule has 7 nitrogen and oxygen atoms in total. The van der Waals surface area contributed by atoms with Crippen molar-refractivity contribution in [2.75, 3.05) is 18.6 Å². The summed E-state index contributed by atoms with van der Waals surface area (Å²) in [4.78, 5) is 47.2. The average Bonchev–Trinajstić information content (AvgIpc) is 3.34. The molecule has 0 N–H and O–H groups in total. The summed E-state index contributed by atoms with van der Waals surface area (Å²) < 4.78 is 6.91. The van der Waals surface area contributed by atoms with Crippen molar-refractivity contribution in [2.45, 2.75) is 32.7 Å². The maximum atomic E-state index is 14.0. The first-order chi connectivity index (χ1) is 17.0. The number of hydrogen-bond acceptors (Lipinski definition) is 6. The van der Waals surface area contributed by atoms with Crippen molar-refractivity contribution in [3.63, 3.8) is 0 Å². The topological polar surface area (TPSA) is 81.0 Å². The van der Waals surface area contributed by atoms with Crippen molar-refractivity contribution < 1.29 is 14.3 Å². The van der Waals surface area contributed by atoms with E-state index < -0.39 is 12.0 Å². The van der Waals surface area contributed by atoms with Crippen LogP contribution in [-0.2, 0) is 14.3 Å². The van der Waals surface area contributed by atoms with Crippen molar-refractivity contribution in [1.82, 2.24) is 4.57 Å². The van der Waals surface area contributed by atoms with E-state index in [0.29, 0.717) is 32.7 Å². The fourth-order valence-corrected chi connectivity index (χ4v) is 5.87. The van der Waals surface area contributed by atoms with Crippen LogP contribution in [0.4, 0.5) is 5.69 Å². The standard InChI is InChI=1S/C27H25N3O4S/c1-4-5-15-29-19-14-10-9-13-18(19)21(24(29)31)23-25(32)30-22(17-11-7-6-8-12-17)20(26(33)34-3)16(2)28-27(30)35-23/h6-14,22H,4-5,15H2,1-3H3/b23-21-/t22-/m0/s1. The Balaban J connectivity index is 1.80. The number of amides is 1. The van der Waals surface area contributed by atoms with Gasteiger partial charge in [0, 0.05) is 12.1 Å². The number of benzene rings is 2. The molecule has 8 heteroatoms.